The molecule has 0 amide bonds. The van der Waals surface area contributed by atoms with Crippen LogP contribution in [0.1, 0.15) is 12.2 Å². The average molecular weight is 357 g/mol. The number of alkyl halides is 3. The van der Waals surface area contributed by atoms with Crippen LogP contribution < -0.4 is 15.8 Å². The van der Waals surface area contributed by atoms with Gasteiger partial charge in [-0.3, -0.25) is 4.99 Å². The fourth-order valence-electron chi connectivity index (χ4n) is 1.86. The molecule has 0 radical (unpaired) electrons. The highest BCUT2D eigenvalue weighted by Crippen LogP contribution is 2.23. The van der Waals surface area contributed by atoms with Crippen LogP contribution in [0.25, 0.3) is 0 Å². The summed E-state index contributed by atoms with van der Waals surface area (Å²) >= 11 is 0. The van der Waals surface area contributed by atoms with Gasteiger partial charge in [0.25, 0.3) is 0 Å². The van der Waals surface area contributed by atoms with Crippen molar-refractivity contribution in [3.8, 4) is 5.75 Å². The molecule has 0 aliphatic carbocycles. The molecule has 2 rings (SSSR count). The minimum absolute atomic E-state index is 0.163. The minimum Gasteiger partial charge on any atom is -0.467 e. The van der Waals surface area contributed by atoms with Gasteiger partial charge in [-0.2, -0.15) is 0 Å². The van der Waals surface area contributed by atoms with Gasteiger partial charge in [0.1, 0.15) is 18.1 Å². The van der Waals surface area contributed by atoms with Crippen molar-refractivity contribution in [3.63, 3.8) is 0 Å². The smallest absolute Gasteiger partial charge is 0.467 e. The Morgan fingerprint density at radius 1 is 1.20 bits per heavy atom. The average Bonchev–Trinajstić information content (AvgIpc) is 3.04. The zero-order chi connectivity index (χ0) is 18.1. The first-order chi connectivity index (χ1) is 11.9. The summed E-state index contributed by atoms with van der Waals surface area (Å²) in [6.45, 7) is 1.35. The van der Waals surface area contributed by atoms with Crippen LogP contribution in [0.4, 0.5) is 18.9 Å². The molecule has 0 aliphatic rings. The zero-order valence-corrected chi connectivity index (χ0v) is 13.3. The van der Waals surface area contributed by atoms with Gasteiger partial charge in [0.05, 0.1) is 6.26 Å². The number of nitrogens with zero attached hydrogens (tertiary/aromatic N) is 1. The second-order valence-corrected chi connectivity index (χ2v) is 4.95. The third-order valence-electron chi connectivity index (χ3n) is 2.91. The van der Waals surface area contributed by atoms with Crippen LogP contribution in [0.3, 0.4) is 0 Å². The summed E-state index contributed by atoms with van der Waals surface area (Å²) in [5.74, 6) is 0.612. The molecule has 0 fully saturated rings. The molecule has 6 nitrogen and oxygen atoms in total. The minimum atomic E-state index is -4.71. The van der Waals surface area contributed by atoms with Crippen molar-refractivity contribution in [2.45, 2.75) is 19.4 Å². The zero-order valence-electron chi connectivity index (χ0n) is 13.3. The van der Waals surface area contributed by atoms with Crippen molar-refractivity contribution in [2.75, 3.05) is 18.5 Å². The Bertz CT molecular complexity index is 656. The molecule has 136 valence electrons. The van der Waals surface area contributed by atoms with E-state index >= 15 is 0 Å². The fraction of sp³-hybridized carbons (Fsp3) is 0.312. The number of nitrogens with one attached hydrogen (secondary N) is 1. The number of nitrogens with two attached hydrogens (primary N) is 1. The number of rotatable bonds is 8. The molecule has 1 heterocycles. The highest BCUT2D eigenvalue weighted by Gasteiger charge is 2.30. The fourth-order valence-corrected chi connectivity index (χ4v) is 1.86. The summed E-state index contributed by atoms with van der Waals surface area (Å²) in [7, 11) is 0. The summed E-state index contributed by atoms with van der Waals surface area (Å²) in [6, 6.07) is 8.81. The molecule has 3 N–H and O–H groups in total. The Balaban J connectivity index is 1.66. The molecule has 0 saturated heterocycles. The van der Waals surface area contributed by atoms with Crippen molar-refractivity contribution >= 4 is 11.6 Å². The summed E-state index contributed by atoms with van der Waals surface area (Å²) in [5, 5.41) is 2.78. The summed E-state index contributed by atoms with van der Waals surface area (Å²) in [4.78, 5) is 4.10. The lowest BCUT2D eigenvalue weighted by atomic mass is 10.3. The van der Waals surface area contributed by atoms with Crippen LogP contribution in [0, 0.1) is 0 Å². The maximum Gasteiger partial charge on any atom is 0.573 e. The molecule has 0 bridgehead atoms. The highest BCUT2D eigenvalue weighted by atomic mass is 19.4. The van der Waals surface area contributed by atoms with Gasteiger partial charge in [0, 0.05) is 18.8 Å². The van der Waals surface area contributed by atoms with Crippen LogP contribution in [0.2, 0.25) is 0 Å². The van der Waals surface area contributed by atoms with E-state index in [1.54, 1.807) is 12.3 Å². The van der Waals surface area contributed by atoms with E-state index in [4.69, 9.17) is 14.9 Å². The first-order valence-corrected chi connectivity index (χ1v) is 7.45. The third kappa shape index (κ3) is 7.62. The van der Waals surface area contributed by atoms with Gasteiger partial charge in [-0.15, -0.1) is 13.2 Å². The second-order valence-electron chi connectivity index (χ2n) is 4.95. The van der Waals surface area contributed by atoms with Gasteiger partial charge in [-0.25, -0.2) is 0 Å². The molecule has 0 aliphatic heterocycles. The number of benzene rings is 1. The van der Waals surface area contributed by atoms with Crippen molar-refractivity contribution < 1.29 is 27.1 Å². The Hall–Kier alpha value is -2.68. The Morgan fingerprint density at radius 2 is 1.96 bits per heavy atom. The number of aliphatic imine (C=N–C) groups is 1. The topological polar surface area (TPSA) is 82.0 Å². The lowest BCUT2D eigenvalue weighted by Crippen LogP contribution is -2.23. The molecular weight excluding hydrogens is 339 g/mol. The largest absolute Gasteiger partial charge is 0.573 e. The van der Waals surface area contributed by atoms with Gasteiger partial charge in [0.15, 0.2) is 5.96 Å². The Morgan fingerprint density at radius 3 is 2.60 bits per heavy atom. The molecule has 25 heavy (non-hydrogen) atoms. The monoisotopic (exact) mass is 357 g/mol. The molecule has 9 heteroatoms. The molecule has 2 aromatic rings. The third-order valence-corrected chi connectivity index (χ3v) is 2.91. The predicted molar refractivity (Wildman–Crippen MR) is 86.2 cm³/mol. The number of halogens is 3. The number of furan rings is 1. The number of ether oxygens (including phenoxy) is 2. The first kappa shape index (κ1) is 18.7. The Kier molecular flexibility index (Phi) is 6.70. The predicted octanol–water partition coefficient (Wildman–Crippen LogP) is 3.51. The molecule has 0 spiro atoms. The standard InChI is InChI=1S/C16H18F3N3O3/c17-16(18,19)25-13-6-4-12(5-7-13)22-15(20)21-8-2-9-23-11-14-3-1-10-24-14/h1,3-7,10H,2,8-9,11H2,(H3,20,21,22). The van der Waals surface area contributed by atoms with E-state index < -0.39 is 6.36 Å². The van der Waals surface area contributed by atoms with Gasteiger partial charge in [-0.05, 0) is 42.8 Å². The van der Waals surface area contributed by atoms with Crippen LogP contribution >= 0.6 is 0 Å². The number of hydrogen-bond donors (Lipinski definition) is 2. The van der Waals surface area contributed by atoms with E-state index in [0.717, 1.165) is 5.76 Å². The van der Waals surface area contributed by atoms with E-state index in [2.05, 4.69) is 15.0 Å². The normalized spacial score (nSPS) is 12.2. The summed E-state index contributed by atoms with van der Waals surface area (Å²) in [5.41, 5.74) is 6.21. The summed E-state index contributed by atoms with van der Waals surface area (Å²) < 4.78 is 50.5. The molecule has 0 saturated carbocycles. The van der Waals surface area contributed by atoms with Crippen molar-refractivity contribution in [1.29, 1.82) is 0 Å². The lowest BCUT2D eigenvalue weighted by Gasteiger charge is -2.10. The molecular formula is C16H18F3N3O3. The van der Waals surface area contributed by atoms with Gasteiger partial charge in [-0.1, -0.05) is 0 Å². The van der Waals surface area contributed by atoms with Crippen molar-refractivity contribution in [3.05, 3.63) is 48.4 Å². The van der Waals surface area contributed by atoms with E-state index in [1.165, 1.54) is 24.3 Å². The van der Waals surface area contributed by atoms with Crippen LogP contribution in [0.5, 0.6) is 5.75 Å². The van der Waals surface area contributed by atoms with Gasteiger partial charge < -0.3 is 24.9 Å². The Labute approximate surface area is 142 Å². The van der Waals surface area contributed by atoms with E-state index in [-0.39, 0.29) is 11.7 Å². The first-order valence-electron chi connectivity index (χ1n) is 7.45. The van der Waals surface area contributed by atoms with Crippen LogP contribution in [-0.2, 0) is 11.3 Å². The van der Waals surface area contributed by atoms with E-state index in [9.17, 15) is 13.2 Å². The van der Waals surface area contributed by atoms with Gasteiger partial charge >= 0.3 is 6.36 Å². The highest BCUT2D eigenvalue weighted by molar-refractivity contribution is 5.92. The van der Waals surface area contributed by atoms with Crippen LogP contribution in [0.15, 0.2) is 52.1 Å². The SMILES string of the molecule is NC(=NCCCOCc1ccco1)Nc1ccc(OC(F)(F)F)cc1. The molecule has 0 unspecified atom stereocenters. The van der Waals surface area contributed by atoms with Crippen molar-refractivity contribution in [1.82, 2.24) is 0 Å². The van der Waals surface area contributed by atoms with E-state index in [1.807, 2.05) is 6.07 Å². The second kappa shape index (κ2) is 8.97. The van der Waals surface area contributed by atoms with Crippen molar-refractivity contribution in [2.24, 2.45) is 10.7 Å². The maximum absolute atomic E-state index is 12.1. The molecule has 1 aromatic heterocycles. The maximum atomic E-state index is 12.1. The summed E-state index contributed by atoms with van der Waals surface area (Å²) in [6.07, 6.45) is -2.47. The number of anilines is 1. The quantitative estimate of drug-likeness (QED) is 0.429. The van der Waals surface area contributed by atoms with E-state index in [0.29, 0.717) is 31.9 Å². The lowest BCUT2D eigenvalue weighted by molar-refractivity contribution is -0.274. The van der Waals surface area contributed by atoms with Gasteiger partial charge in [0.2, 0.25) is 0 Å². The number of guanidine groups is 1. The molecule has 0 atom stereocenters. The van der Waals surface area contributed by atoms with Crippen LogP contribution in [-0.4, -0.2) is 25.5 Å². The molecule has 1 aromatic carbocycles. The number of hydrogen-bond acceptors (Lipinski definition) is 4.